The molecule has 168 valence electrons. The molecule has 1 aliphatic heterocycles. The van der Waals surface area contributed by atoms with Crippen molar-refractivity contribution in [2.24, 2.45) is 4.99 Å². The van der Waals surface area contributed by atoms with Crippen molar-refractivity contribution in [2.75, 3.05) is 40.4 Å². The fourth-order valence-electron chi connectivity index (χ4n) is 3.06. The Hall–Kier alpha value is -2.07. The molecule has 1 heterocycles. The minimum absolute atomic E-state index is 0.0708. The van der Waals surface area contributed by atoms with Crippen molar-refractivity contribution in [2.45, 2.75) is 65.0 Å². The summed E-state index contributed by atoms with van der Waals surface area (Å²) in [6.45, 7) is 12.4. The minimum Gasteiger partial charge on any atom is -0.444 e. The van der Waals surface area contributed by atoms with Gasteiger partial charge < -0.3 is 30.2 Å². The highest BCUT2D eigenvalue weighted by Gasteiger charge is 2.49. The van der Waals surface area contributed by atoms with Crippen LogP contribution in [0.2, 0.25) is 0 Å². The monoisotopic (exact) mass is 415 g/mol. The molecule has 0 aromatic carbocycles. The van der Waals surface area contributed by atoms with Crippen LogP contribution in [0.25, 0.3) is 0 Å². The van der Waals surface area contributed by atoms with E-state index in [2.05, 4.69) is 20.9 Å². The van der Waals surface area contributed by atoms with Gasteiger partial charge in [0, 0.05) is 27.2 Å². The van der Waals surface area contributed by atoms with Crippen molar-refractivity contribution < 1.29 is 23.8 Å². The molecule has 0 saturated carbocycles. The van der Waals surface area contributed by atoms with E-state index in [4.69, 9.17) is 14.2 Å². The molecule has 0 bridgehead atoms. The van der Waals surface area contributed by atoms with E-state index in [1.807, 2.05) is 41.5 Å². The molecule has 3 N–H and O–H groups in total. The molecule has 29 heavy (non-hydrogen) atoms. The van der Waals surface area contributed by atoms with E-state index in [-0.39, 0.29) is 24.6 Å². The largest absolute Gasteiger partial charge is 0.444 e. The van der Waals surface area contributed by atoms with Crippen LogP contribution in [0.5, 0.6) is 0 Å². The lowest BCUT2D eigenvalue weighted by atomic mass is 10.1. The van der Waals surface area contributed by atoms with Gasteiger partial charge in [0.15, 0.2) is 5.96 Å². The molecular formula is C19H37N5O5. The summed E-state index contributed by atoms with van der Waals surface area (Å²) in [5.74, 6) is 0.284. The van der Waals surface area contributed by atoms with Crippen LogP contribution >= 0.6 is 0 Å². The smallest absolute Gasteiger partial charge is 0.412 e. The summed E-state index contributed by atoms with van der Waals surface area (Å²) in [4.78, 5) is 30.3. The lowest BCUT2D eigenvalue weighted by molar-refractivity contribution is -0.120. The number of guanidine groups is 1. The summed E-state index contributed by atoms with van der Waals surface area (Å²) in [6, 6.07) is -0.270. The first-order valence-corrected chi connectivity index (χ1v) is 9.81. The Morgan fingerprint density at radius 3 is 2.41 bits per heavy atom. The second-order valence-corrected chi connectivity index (χ2v) is 8.34. The zero-order chi connectivity index (χ0) is 22.2. The van der Waals surface area contributed by atoms with E-state index in [1.54, 1.807) is 19.1 Å². The number of aliphatic imine (C=N–C) groups is 1. The fourth-order valence-corrected chi connectivity index (χ4v) is 3.06. The summed E-state index contributed by atoms with van der Waals surface area (Å²) >= 11 is 0. The molecular weight excluding hydrogens is 378 g/mol. The van der Waals surface area contributed by atoms with Gasteiger partial charge in [-0.3, -0.25) is 14.7 Å². The van der Waals surface area contributed by atoms with E-state index in [0.29, 0.717) is 25.7 Å². The molecule has 1 fully saturated rings. The third kappa shape index (κ3) is 8.06. The Labute approximate surface area is 173 Å². The van der Waals surface area contributed by atoms with Gasteiger partial charge in [0.1, 0.15) is 11.3 Å². The predicted molar refractivity (Wildman–Crippen MR) is 111 cm³/mol. The zero-order valence-electron chi connectivity index (χ0n) is 18.9. The summed E-state index contributed by atoms with van der Waals surface area (Å²) < 4.78 is 16.4. The maximum absolute atomic E-state index is 12.8. The van der Waals surface area contributed by atoms with Crippen molar-refractivity contribution in [3.05, 3.63) is 0 Å². The first kappa shape index (κ1) is 25.0. The molecule has 10 nitrogen and oxygen atoms in total. The zero-order valence-corrected chi connectivity index (χ0v) is 18.9. The maximum atomic E-state index is 12.8. The van der Waals surface area contributed by atoms with Crippen LogP contribution in [0.1, 0.15) is 41.5 Å². The molecule has 1 rings (SSSR count). The summed E-state index contributed by atoms with van der Waals surface area (Å²) in [6.07, 6.45) is -0.639. The Balaban J connectivity index is 2.68. The molecule has 10 heteroatoms. The normalized spacial score (nSPS) is 21.7. The highest BCUT2D eigenvalue weighted by atomic mass is 16.6. The number of nitrogens with zero attached hydrogens (tertiary/aromatic N) is 2. The van der Waals surface area contributed by atoms with Gasteiger partial charge in [-0.2, -0.15) is 0 Å². The minimum atomic E-state index is -0.799. The molecule has 2 unspecified atom stereocenters. The van der Waals surface area contributed by atoms with Crippen molar-refractivity contribution >= 4 is 18.0 Å². The molecule has 0 aliphatic carbocycles. The second kappa shape index (κ2) is 10.6. The summed E-state index contributed by atoms with van der Waals surface area (Å²) in [5, 5.41) is 8.83. The van der Waals surface area contributed by atoms with Crippen LogP contribution in [-0.2, 0) is 19.0 Å². The lowest BCUT2D eigenvalue weighted by Gasteiger charge is -2.35. The van der Waals surface area contributed by atoms with Crippen LogP contribution in [-0.4, -0.2) is 86.7 Å². The first-order valence-electron chi connectivity index (χ1n) is 9.81. The van der Waals surface area contributed by atoms with E-state index >= 15 is 0 Å². The van der Waals surface area contributed by atoms with Gasteiger partial charge in [-0.15, -0.1) is 0 Å². The van der Waals surface area contributed by atoms with Gasteiger partial charge >= 0.3 is 6.09 Å². The molecule has 1 aliphatic rings. The van der Waals surface area contributed by atoms with Crippen LogP contribution in [0.15, 0.2) is 4.99 Å². The molecule has 0 spiro atoms. The molecule has 0 aromatic rings. The van der Waals surface area contributed by atoms with E-state index < -0.39 is 17.4 Å². The molecule has 1 saturated heterocycles. The van der Waals surface area contributed by atoms with Crippen LogP contribution in [0, 0.1) is 0 Å². The Morgan fingerprint density at radius 2 is 1.86 bits per heavy atom. The number of hydrogen-bond acceptors (Lipinski definition) is 6. The summed E-state index contributed by atoms with van der Waals surface area (Å²) in [5.41, 5.74) is -1.41. The van der Waals surface area contributed by atoms with Crippen LogP contribution in [0.4, 0.5) is 4.79 Å². The number of rotatable bonds is 7. The van der Waals surface area contributed by atoms with Crippen molar-refractivity contribution in [1.29, 1.82) is 0 Å². The Morgan fingerprint density at radius 1 is 1.21 bits per heavy atom. The highest BCUT2D eigenvalue weighted by Crippen LogP contribution is 2.33. The van der Waals surface area contributed by atoms with Gasteiger partial charge in [0.25, 0.3) is 0 Å². The molecule has 2 atom stereocenters. The van der Waals surface area contributed by atoms with Crippen molar-refractivity contribution in [3.63, 3.8) is 0 Å². The predicted octanol–water partition coefficient (Wildman–Crippen LogP) is 0.675. The number of hydrogen-bond donors (Lipinski definition) is 3. The standard InChI is InChI=1S/C19H37N5O5/c1-13-14(24(19(5,6)28-13)17(26)29-18(2,3)4)11-22-16(20-7)23-12-15(25)21-9-10-27-8/h13-14H,9-12H2,1-8H3,(H,21,25)(H2,20,22,23). The maximum Gasteiger partial charge on any atom is 0.412 e. The number of carbonyl (C=O) groups excluding carboxylic acids is 2. The number of amides is 2. The van der Waals surface area contributed by atoms with Gasteiger partial charge in [-0.25, -0.2) is 4.79 Å². The lowest BCUT2D eigenvalue weighted by Crippen LogP contribution is -2.55. The van der Waals surface area contributed by atoms with E-state index in [9.17, 15) is 9.59 Å². The number of methoxy groups -OCH3 is 1. The third-order valence-electron chi connectivity index (χ3n) is 4.27. The average molecular weight is 416 g/mol. The quantitative estimate of drug-likeness (QED) is 0.318. The highest BCUT2D eigenvalue weighted by molar-refractivity contribution is 5.86. The van der Waals surface area contributed by atoms with E-state index in [0.717, 1.165) is 0 Å². The number of nitrogens with one attached hydrogen (secondary N) is 3. The topological polar surface area (TPSA) is 114 Å². The van der Waals surface area contributed by atoms with Crippen molar-refractivity contribution in [3.8, 4) is 0 Å². The molecule has 2 amide bonds. The number of ether oxygens (including phenoxy) is 3. The number of carbonyl (C=O) groups is 2. The van der Waals surface area contributed by atoms with Crippen LogP contribution in [0.3, 0.4) is 0 Å². The Bertz CT molecular complexity index is 588. The van der Waals surface area contributed by atoms with Crippen molar-refractivity contribution in [1.82, 2.24) is 20.9 Å². The van der Waals surface area contributed by atoms with Crippen LogP contribution < -0.4 is 16.0 Å². The van der Waals surface area contributed by atoms with Gasteiger partial charge in [0.2, 0.25) is 5.91 Å². The molecule has 0 radical (unpaired) electrons. The van der Waals surface area contributed by atoms with E-state index in [1.165, 1.54) is 0 Å². The summed E-state index contributed by atoms with van der Waals surface area (Å²) in [7, 11) is 3.19. The average Bonchev–Trinajstić information content (AvgIpc) is 2.81. The first-order chi connectivity index (χ1) is 13.4. The van der Waals surface area contributed by atoms with Gasteiger partial charge in [-0.1, -0.05) is 0 Å². The molecule has 0 aromatic heterocycles. The Kier molecular flexibility index (Phi) is 9.15. The second-order valence-electron chi connectivity index (χ2n) is 8.34. The SMILES string of the molecule is CN=C(NCC(=O)NCCOC)NCC1C(C)OC(C)(C)N1C(=O)OC(C)(C)C. The van der Waals surface area contributed by atoms with Gasteiger partial charge in [-0.05, 0) is 41.5 Å². The van der Waals surface area contributed by atoms with Gasteiger partial charge in [0.05, 0.1) is 25.3 Å². The fraction of sp³-hybridized carbons (Fsp3) is 0.842. The third-order valence-corrected chi connectivity index (χ3v) is 4.27.